The highest BCUT2D eigenvalue weighted by Crippen LogP contribution is 2.36. The average Bonchev–Trinajstić information content (AvgIpc) is 3.08. The molecule has 2 amide bonds. The fourth-order valence-corrected chi connectivity index (χ4v) is 2.91. The molecule has 2 aromatic rings. The molecule has 0 saturated carbocycles. The summed E-state index contributed by atoms with van der Waals surface area (Å²) >= 11 is 0. The Bertz CT molecular complexity index is 808. The highest BCUT2D eigenvalue weighted by Gasteiger charge is 2.33. The molecule has 0 bridgehead atoms. The highest BCUT2D eigenvalue weighted by atomic mass is 19.1. The Hall–Kier alpha value is -2.73. The van der Waals surface area contributed by atoms with E-state index in [0.717, 1.165) is 28.8 Å². The topological polar surface area (TPSA) is 32.8 Å². The number of urea groups is 1. The fraction of sp³-hybridized carbons (Fsp3) is 0.211. The number of halogens is 2. The first-order valence-corrected chi connectivity index (χ1v) is 7.80. The number of hydroxylamine groups is 2. The number of hydrogen-bond donors (Lipinski definition) is 0. The van der Waals surface area contributed by atoms with E-state index in [0.29, 0.717) is 5.57 Å². The van der Waals surface area contributed by atoms with Crippen LogP contribution in [0, 0.1) is 11.6 Å². The predicted molar refractivity (Wildman–Crippen MR) is 90.4 cm³/mol. The zero-order chi connectivity index (χ0) is 18.0. The van der Waals surface area contributed by atoms with Gasteiger partial charge in [-0.1, -0.05) is 36.4 Å². The number of benzene rings is 2. The molecule has 130 valence electrons. The molecule has 6 heteroatoms. The summed E-state index contributed by atoms with van der Waals surface area (Å²) in [5, 5.41) is 1.11. The van der Waals surface area contributed by atoms with Gasteiger partial charge in [-0.25, -0.2) is 18.6 Å². The van der Waals surface area contributed by atoms with Gasteiger partial charge in [0.05, 0.1) is 13.2 Å². The van der Waals surface area contributed by atoms with Gasteiger partial charge in [0.15, 0.2) is 0 Å². The lowest BCUT2D eigenvalue weighted by Crippen LogP contribution is -2.40. The van der Waals surface area contributed by atoms with Crippen molar-refractivity contribution in [3.63, 3.8) is 0 Å². The predicted octanol–water partition coefficient (Wildman–Crippen LogP) is 4.02. The Morgan fingerprint density at radius 1 is 1.20 bits per heavy atom. The molecule has 1 unspecified atom stereocenters. The summed E-state index contributed by atoms with van der Waals surface area (Å²) in [5.74, 6) is -1.04. The lowest BCUT2D eigenvalue weighted by molar-refractivity contribution is -0.0763. The molecule has 2 aromatic carbocycles. The van der Waals surface area contributed by atoms with Crippen LogP contribution in [0.1, 0.15) is 17.2 Å². The van der Waals surface area contributed by atoms with E-state index in [2.05, 4.69) is 0 Å². The minimum absolute atomic E-state index is 0.159. The number of carbonyl (C=O) groups excluding carboxylic acids is 1. The molecule has 0 spiro atoms. The van der Waals surface area contributed by atoms with E-state index in [1.165, 1.54) is 14.2 Å². The third-order valence-electron chi connectivity index (χ3n) is 4.24. The van der Waals surface area contributed by atoms with Crippen LogP contribution in [0.2, 0.25) is 0 Å². The van der Waals surface area contributed by atoms with E-state index in [4.69, 9.17) is 4.84 Å². The van der Waals surface area contributed by atoms with Gasteiger partial charge in [0.2, 0.25) is 0 Å². The molecule has 1 atom stereocenters. The first-order valence-electron chi connectivity index (χ1n) is 7.80. The Labute approximate surface area is 144 Å². The van der Waals surface area contributed by atoms with Crippen LogP contribution >= 0.6 is 0 Å². The fourth-order valence-electron chi connectivity index (χ4n) is 2.91. The summed E-state index contributed by atoms with van der Waals surface area (Å²) in [6.45, 7) is 0.159. The molecule has 4 nitrogen and oxygen atoms in total. The van der Waals surface area contributed by atoms with E-state index >= 15 is 0 Å². The second kappa shape index (κ2) is 7.03. The van der Waals surface area contributed by atoms with Crippen LogP contribution in [0.3, 0.4) is 0 Å². The second-order valence-electron chi connectivity index (χ2n) is 5.76. The molecule has 1 aliphatic heterocycles. The third-order valence-corrected chi connectivity index (χ3v) is 4.24. The molecule has 1 aliphatic rings. The standard InChI is InChI=1S/C19H18F2N2O2/c1-22(25-2)19(24)23-12-14(16-11-15(20)8-9-17(16)21)10-18(23)13-6-4-3-5-7-13/h3-11,18H,12H2,1-2H3. The quantitative estimate of drug-likeness (QED) is 0.788. The molecule has 0 aromatic heterocycles. The van der Waals surface area contributed by atoms with Gasteiger partial charge in [0, 0.05) is 19.2 Å². The van der Waals surface area contributed by atoms with Crippen LogP contribution in [0.5, 0.6) is 0 Å². The molecule has 0 fully saturated rings. The van der Waals surface area contributed by atoms with Crippen molar-refractivity contribution in [1.29, 1.82) is 0 Å². The van der Waals surface area contributed by atoms with Crippen molar-refractivity contribution in [1.82, 2.24) is 9.96 Å². The Balaban J connectivity index is 2.01. The number of hydrogen-bond acceptors (Lipinski definition) is 2. The molecule has 0 N–H and O–H groups in total. The highest BCUT2D eigenvalue weighted by molar-refractivity contribution is 5.81. The van der Waals surface area contributed by atoms with E-state index in [9.17, 15) is 13.6 Å². The van der Waals surface area contributed by atoms with E-state index in [-0.39, 0.29) is 24.2 Å². The van der Waals surface area contributed by atoms with Gasteiger partial charge < -0.3 is 4.90 Å². The van der Waals surface area contributed by atoms with Crippen LogP contribution in [-0.4, -0.2) is 36.7 Å². The molecule has 3 rings (SSSR count). The number of rotatable bonds is 3. The number of amides is 2. The van der Waals surface area contributed by atoms with Crippen molar-refractivity contribution >= 4 is 11.6 Å². The van der Waals surface area contributed by atoms with Gasteiger partial charge in [0.25, 0.3) is 0 Å². The monoisotopic (exact) mass is 344 g/mol. The summed E-state index contributed by atoms with van der Waals surface area (Å²) in [6, 6.07) is 12.0. The minimum atomic E-state index is -0.521. The molecular weight excluding hydrogens is 326 g/mol. The number of carbonyl (C=O) groups is 1. The molecule has 1 heterocycles. The van der Waals surface area contributed by atoms with Gasteiger partial charge in [0.1, 0.15) is 11.6 Å². The van der Waals surface area contributed by atoms with Gasteiger partial charge in [-0.2, -0.15) is 0 Å². The van der Waals surface area contributed by atoms with Crippen molar-refractivity contribution in [3.8, 4) is 0 Å². The van der Waals surface area contributed by atoms with E-state index in [1.807, 2.05) is 30.3 Å². The van der Waals surface area contributed by atoms with Crippen LogP contribution in [0.4, 0.5) is 13.6 Å². The van der Waals surface area contributed by atoms with Crippen molar-refractivity contribution in [3.05, 3.63) is 77.4 Å². The molecule has 0 aliphatic carbocycles. The van der Waals surface area contributed by atoms with Crippen molar-refractivity contribution < 1.29 is 18.4 Å². The normalized spacial score (nSPS) is 16.7. The van der Waals surface area contributed by atoms with E-state index in [1.54, 1.807) is 11.0 Å². The third kappa shape index (κ3) is 3.39. The molecule has 0 radical (unpaired) electrons. The summed E-state index contributed by atoms with van der Waals surface area (Å²) in [7, 11) is 2.90. The Morgan fingerprint density at radius 2 is 1.92 bits per heavy atom. The zero-order valence-corrected chi connectivity index (χ0v) is 13.9. The first kappa shape index (κ1) is 17.1. The van der Waals surface area contributed by atoms with E-state index < -0.39 is 11.6 Å². The average molecular weight is 344 g/mol. The molecular formula is C19H18F2N2O2. The van der Waals surface area contributed by atoms with Gasteiger partial charge in [-0.15, -0.1) is 0 Å². The lowest BCUT2D eigenvalue weighted by Gasteiger charge is -2.28. The summed E-state index contributed by atoms with van der Waals surface area (Å²) in [5.41, 5.74) is 1.60. The van der Waals surface area contributed by atoms with Gasteiger partial charge >= 0.3 is 6.03 Å². The second-order valence-corrected chi connectivity index (χ2v) is 5.76. The molecule has 25 heavy (non-hydrogen) atoms. The summed E-state index contributed by atoms with van der Waals surface area (Å²) < 4.78 is 27.7. The largest absolute Gasteiger partial charge is 0.344 e. The number of nitrogens with zero attached hydrogens (tertiary/aromatic N) is 2. The van der Waals surface area contributed by atoms with Crippen LogP contribution in [0.15, 0.2) is 54.6 Å². The smallest absolute Gasteiger partial charge is 0.308 e. The van der Waals surface area contributed by atoms with Gasteiger partial charge in [-0.05, 0) is 29.3 Å². The summed E-state index contributed by atoms with van der Waals surface area (Å²) in [4.78, 5) is 19.1. The van der Waals surface area contributed by atoms with Crippen LogP contribution in [-0.2, 0) is 4.84 Å². The van der Waals surface area contributed by atoms with Crippen molar-refractivity contribution in [2.45, 2.75) is 6.04 Å². The Morgan fingerprint density at radius 3 is 2.60 bits per heavy atom. The zero-order valence-electron chi connectivity index (χ0n) is 13.9. The molecule has 0 saturated heterocycles. The van der Waals surface area contributed by atoms with Gasteiger partial charge in [-0.3, -0.25) is 4.84 Å². The van der Waals surface area contributed by atoms with Crippen LogP contribution < -0.4 is 0 Å². The SMILES string of the molecule is CON(C)C(=O)N1CC(c2cc(F)ccc2F)=CC1c1ccccc1. The maximum Gasteiger partial charge on any atom is 0.344 e. The minimum Gasteiger partial charge on any atom is -0.308 e. The summed E-state index contributed by atoms with van der Waals surface area (Å²) in [6.07, 6.45) is 1.79. The lowest BCUT2D eigenvalue weighted by atomic mass is 10.0. The Kier molecular flexibility index (Phi) is 4.81. The maximum absolute atomic E-state index is 14.2. The maximum atomic E-state index is 14.2. The first-order chi connectivity index (χ1) is 12.0. The van der Waals surface area contributed by atoms with Crippen molar-refractivity contribution in [2.24, 2.45) is 0 Å². The van der Waals surface area contributed by atoms with Crippen molar-refractivity contribution in [2.75, 3.05) is 20.7 Å². The van der Waals surface area contributed by atoms with Crippen LogP contribution in [0.25, 0.3) is 5.57 Å².